The van der Waals surface area contributed by atoms with Crippen LogP contribution in [0.15, 0.2) is 53.9 Å². The number of methoxy groups -OCH3 is 2. The highest BCUT2D eigenvalue weighted by Gasteiger charge is 2.37. The van der Waals surface area contributed by atoms with Gasteiger partial charge in [-0.15, -0.1) is 11.3 Å². The number of aliphatic carboxylic acids is 1. The Kier molecular flexibility index (Phi) is 9.40. The number of hydrogen-bond donors (Lipinski definition) is 4. The minimum atomic E-state index is -1.15. The number of benzene rings is 2. The summed E-state index contributed by atoms with van der Waals surface area (Å²) in [5, 5.41) is 19.4. The number of nitrogens with zero attached hydrogens (tertiary/aromatic N) is 1. The van der Waals surface area contributed by atoms with E-state index in [1.165, 1.54) is 37.7 Å². The normalized spacial score (nSPS) is 15.2. The maximum atomic E-state index is 14.8. The molecule has 0 saturated carbocycles. The van der Waals surface area contributed by atoms with Gasteiger partial charge in [-0.1, -0.05) is 6.07 Å². The van der Waals surface area contributed by atoms with Gasteiger partial charge in [0.1, 0.15) is 17.3 Å². The van der Waals surface area contributed by atoms with E-state index in [9.17, 15) is 28.7 Å². The highest BCUT2D eigenvalue weighted by atomic mass is 32.1. The summed E-state index contributed by atoms with van der Waals surface area (Å²) >= 11 is 1.49. The topological polar surface area (TPSA) is 146 Å². The molecular formula is C28H29FN4O7S. The molecule has 1 aliphatic rings. The highest BCUT2D eigenvalue weighted by molar-refractivity contribution is 7.09. The van der Waals surface area contributed by atoms with Gasteiger partial charge in [-0.25, -0.2) is 9.18 Å². The molecule has 0 radical (unpaired) electrons. The third kappa shape index (κ3) is 7.31. The molecule has 2 heterocycles. The Hall–Kier alpha value is -4.65. The summed E-state index contributed by atoms with van der Waals surface area (Å²) in [6.07, 6.45) is -0.639. The number of halogens is 1. The second-order valence-electron chi connectivity index (χ2n) is 9.23. The van der Waals surface area contributed by atoms with Crippen molar-refractivity contribution in [3.05, 3.63) is 70.2 Å². The van der Waals surface area contributed by atoms with E-state index in [4.69, 9.17) is 9.47 Å². The molecule has 1 fully saturated rings. The zero-order valence-corrected chi connectivity index (χ0v) is 23.1. The number of anilines is 2. The van der Waals surface area contributed by atoms with Crippen molar-refractivity contribution in [2.45, 2.75) is 25.4 Å². The summed E-state index contributed by atoms with van der Waals surface area (Å²) in [4.78, 5) is 52.1. The Morgan fingerprint density at radius 3 is 2.63 bits per heavy atom. The number of carboxylic acid groups (broad SMARTS) is 1. The maximum Gasteiger partial charge on any atom is 0.319 e. The van der Waals surface area contributed by atoms with Crippen molar-refractivity contribution in [1.82, 2.24) is 10.6 Å². The first-order chi connectivity index (χ1) is 19.7. The fourth-order valence-electron chi connectivity index (χ4n) is 4.48. The number of carboxylic acids is 1. The van der Waals surface area contributed by atoms with Crippen LogP contribution >= 0.6 is 11.3 Å². The van der Waals surface area contributed by atoms with Crippen molar-refractivity contribution in [2.24, 2.45) is 5.92 Å². The zero-order valence-electron chi connectivity index (χ0n) is 22.3. The van der Waals surface area contributed by atoms with E-state index in [0.717, 1.165) is 15.8 Å². The lowest BCUT2D eigenvalue weighted by atomic mass is 10.00. The minimum Gasteiger partial charge on any atom is -0.497 e. The van der Waals surface area contributed by atoms with Gasteiger partial charge in [-0.05, 0) is 41.8 Å². The molecule has 4 amide bonds. The average Bonchev–Trinajstić information content (AvgIpc) is 3.62. The van der Waals surface area contributed by atoms with Crippen LogP contribution in [0.4, 0.5) is 20.6 Å². The number of carbonyl (C=O) groups excluding carboxylic acids is 3. The molecule has 0 bridgehead atoms. The molecule has 13 heteroatoms. The summed E-state index contributed by atoms with van der Waals surface area (Å²) in [6.45, 7) is 0.194. The molecule has 0 spiro atoms. The summed E-state index contributed by atoms with van der Waals surface area (Å²) in [5.41, 5.74) is 0.603. The highest BCUT2D eigenvalue weighted by Crippen LogP contribution is 2.33. The average molecular weight is 585 g/mol. The molecule has 1 saturated heterocycles. The number of rotatable bonds is 11. The SMILES string of the molecule is COc1ccc(C(CC(=O)O)NC(=O)C2CC(=O)N(c3cc(NC(=O)NCc4cccs4)ccc3F)C2)c(OC)c1. The van der Waals surface area contributed by atoms with E-state index in [2.05, 4.69) is 16.0 Å². The first kappa shape index (κ1) is 29.3. The van der Waals surface area contributed by atoms with Gasteiger partial charge in [-0.3, -0.25) is 14.4 Å². The van der Waals surface area contributed by atoms with Crippen LogP contribution < -0.4 is 30.3 Å². The molecule has 3 aromatic rings. The van der Waals surface area contributed by atoms with Crippen molar-refractivity contribution in [3.63, 3.8) is 0 Å². The van der Waals surface area contributed by atoms with E-state index in [-0.39, 0.29) is 24.3 Å². The number of ether oxygens (including phenoxy) is 2. The lowest BCUT2D eigenvalue weighted by Gasteiger charge is -2.22. The molecule has 0 aliphatic carbocycles. The summed E-state index contributed by atoms with van der Waals surface area (Å²) in [5.74, 6) is -2.95. The van der Waals surface area contributed by atoms with Crippen molar-refractivity contribution in [2.75, 3.05) is 31.0 Å². The van der Waals surface area contributed by atoms with Crippen LogP contribution in [0, 0.1) is 11.7 Å². The predicted molar refractivity (Wildman–Crippen MR) is 150 cm³/mol. The summed E-state index contributed by atoms with van der Waals surface area (Å²) in [6, 6.07) is 10.9. The van der Waals surface area contributed by atoms with Crippen LogP contribution in [-0.2, 0) is 20.9 Å². The van der Waals surface area contributed by atoms with E-state index >= 15 is 0 Å². The van der Waals surface area contributed by atoms with Gasteiger partial charge in [-0.2, -0.15) is 0 Å². The monoisotopic (exact) mass is 584 g/mol. The number of thiophene rings is 1. The van der Waals surface area contributed by atoms with Crippen LogP contribution in [-0.4, -0.2) is 49.7 Å². The predicted octanol–water partition coefficient (Wildman–Crippen LogP) is 3.91. The molecular weight excluding hydrogens is 555 g/mol. The first-order valence-corrected chi connectivity index (χ1v) is 13.5. The quantitative estimate of drug-likeness (QED) is 0.267. The molecule has 4 rings (SSSR count). The molecule has 2 atom stereocenters. The van der Waals surface area contributed by atoms with Gasteiger partial charge in [0.2, 0.25) is 11.8 Å². The molecule has 2 unspecified atom stereocenters. The standard InChI is InChI=1S/C28H29FN4O7S/c1-39-18-6-7-20(24(12-18)40-2)22(13-26(35)36)32-27(37)16-10-25(34)33(15-16)23-11-17(5-8-21(23)29)31-28(38)30-14-19-4-3-9-41-19/h3-9,11-12,16,22H,10,13-15H2,1-2H3,(H,32,37)(H,35,36)(H2,30,31,38). The second-order valence-corrected chi connectivity index (χ2v) is 10.3. The van der Waals surface area contributed by atoms with Gasteiger partial charge in [0.25, 0.3) is 0 Å². The largest absolute Gasteiger partial charge is 0.497 e. The van der Waals surface area contributed by atoms with Crippen LogP contribution in [0.3, 0.4) is 0 Å². The third-order valence-corrected chi connectivity index (χ3v) is 7.38. The molecule has 4 N–H and O–H groups in total. The van der Waals surface area contributed by atoms with E-state index in [1.54, 1.807) is 18.2 Å². The molecule has 1 aliphatic heterocycles. The second kappa shape index (κ2) is 13.1. The smallest absolute Gasteiger partial charge is 0.319 e. The molecule has 1 aromatic heterocycles. The first-order valence-electron chi connectivity index (χ1n) is 12.6. The number of urea groups is 1. The Bertz CT molecular complexity index is 1430. The van der Waals surface area contributed by atoms with Crippen molar-refractivity contribution < 1.29 is 38.1 Å². The van der Waals surface area contributed by atoms with Gasteiger partial charge in [0, 0.05) is 35.2 Å². The molecule has 11 nitrogen and oxygen atoms in total. The van der Waals surface area contributed by atoms with Crippen molar-refractivity contribution in [3.8, 4) is 11.5 Å². The Morgan fingerprint density at radius 1 is 1.15 bits per heavy atom. The van der Waals surface area contributed by atoms with E-state index in [0.29, 0.717) is 23.6 Å². The summed E-state index contributed by atoms with van der Waals surface area (Å²) < 4.78 is 25.4. The van der Waals surface area contributed by atoms with Crippen LogP contribution in [0.5, 0.6) is 11.5 Å². The van der Waals surface area contributed by atoms with Crippen LogP contribution in [0.2, 0.25) is 0 Å². The van der Waals surface area contributed by atoms with Crippen LogP contribution in [0.25, 0.3) is 0 Å². The molecule has 2 aromatic carbocycles. The number of hydrogen-bond acceptors (Lipinski definition) is 7. The third-order valence-electron chi connectivity index (χ3n) is 6.51. The number of nitrogens with one attached hydrogen (secondary N) is 3. The number of carbonyl (C=O) groups is 4. The zero-order chi connectivity index (χ0) is 29.5. The lowest BCUT2D eigenvalue weighted by Crippen LogP contribution is -2.36. The lowest BCUT2D eigenvalue weighted by molar-refractivity contribution is -0.138. The van der Waals surface area contributed by atoms with Crippen molar-refractivity contribution in [1.29, 1.82) is 0 Å². The Balaban J connectivity index is 1.45. The molecule has 216 valence electrons. The Morgan fingerprint density at radius 2 is 1.95 bits per heavy atom. The van der Waals surface area contributed by atoms with E-state index in [1.807, 2.05) is 17.5 Å². The fraction of sp³-hybridized carbons (Fsp3) is 0.286. The van der Waals surface area contributed by atoms with Gasteiger partial charge in [0.05, 0.1) is 44.8 Å². The Labute approximate surface area is 239 Å². The van der Waals surface area contributed by atoms with Gasteiger partial charge < -0.3 is 35.4 Å². The summed E-state index contributed by atoms with van der Waals surface area (Å²) in [7, 11) is 2.89. The van der Waals surface area contributed by atoms with E-state index < -0.39 is 48.0 Å². The van der Waals surface area contributed by atoms with Gasteiger partial charge >= 0.3 is 12.0 Å². The fourth-order valence-corrected chi connectivity index (χ4v) is 5.12. The minimum absolute atomic E-state index is 0.0831. The maximum absolute atomic E-state index is 14.8. The molecule has 41 heavy (non-hydrogen) atoms. The van der Waals surface area contributed by atoms with Crippen molar-refractivity contribution >= 4 is 46.5 Å². The number of amides is 4. The van der Waals surface area contributed by atoms with Gasteiger partial charge in [0.15, 0.2) is 0 Å². The van der Waals surface area contributed by atoms with Crippen LogP contribution in [0.1, 0.15) is 29.3 Å².